The van der Waals surface area contributed by atoms with E-state index in [2.05, 4.69) is 42.4 Å². The van der Waals surface area contributed by atoms with Crippen molar-refractivity contribution >= 4 is 0 Å². The van der Waals surface area contributed by atoms with Crippen LogP contribution in [0.4, 0.5) is 0 Å². The van der Waals surface area contributed by atoms with Crippen molar-refractivity contribution in [3.05, 3.63) is 41.2 Å². The minimum absolute atomic E-state index is 0.699. The third kappa shape index (κ3) is 3.59. The summed E-state index contributed by atoms with van der Waals surface area (Å²) in [4.78, 5) is 0. The van der Waals surface area contributed by atoms with Crippen LogP contribution < -0.4 is 4.74 Å². The van der Waals surface area contributed by atoms with Gasteiger partial charge in [0.1, 0.15) is 5.75 Å². The van der Waals surface area contributed by atoms with Gasteiger partial charge in [-0.2, -0.15) is 0 Å². The van der Waals surface area contributed by atoms with Gasteiger partial charge in [0.25, 0.3) is 0 Å². The van der Waals surface area contributed by atoms with Crippen molar-refractivity contribution in [1.82, 2.24) is 15.0 Å². The van der Waals surface area contributed by atoms with Gasteiger partial charge in [-0.1, -0.05) is 24.3 Å². The third-order valence-electron chi connectivity index (χ3n) is 3.39. The third-order valence-corrected chi connectivity index (χ3v) is 3.39. The number of benzene rings is 1. The Hall–Kier alpha value is -1.84. The SMILES string of the molecule is CCOc1ccc(CC)cc1CCc1cn(CC)nn1. The van der Waals surface area contributed by atoms with Gasteiger partial charge in [0, 0.05) is 12.7 Å². The summed E-state index contributed by atoms with van der Waals surface area (Å²) in [5.74, 6) is 0.993. The number of aromatic nitrogens is 3. The Morgan fingerprint density at radius 2 is 2.00 bits per heavy atom. The van der Waals surface area contributed by atoms with Gasteiger partial charge in [-0.05, 0) is 50.3 Å². The summed E-state index contributed by atoms with van der Waals surface area (Å²) in [7, 11) is 0. The second-order valence-corrected chi connectivity index (χ2v) is 4.79. The minimum atomic E-state index is 0.699. The molecule has 108 valence electrons. The Bertz CT molecular complexity index is 548. The number of aryl methyl sites for hydroxylation is 4. The molecule has 0 atom stereocenters. The molecule has 0 radical (unpaired) electrons. The quantitative estimate of drug-likeness (QED) is 0.778. The molecule has 0 saturated heterocycles. The molecule has 0 aliphatic rings. The van der Waals surface area contributed by atoms with Crippen LogP contribution in [0.1, 0.15) is 37.6 Å². The average molecular weight is 273 g/mol. The molecule has 0 unspecified atom stereocenters. The number of nitrogens with zero attached hydrogens (tertiary/aromatic N) is 3. The standard InChI is InChI=1S/C16H23N3O/c1-4-13-7-10-16(20-6-3)14(11-13)8-9-15-12-19(5-2)18-17-15/h7,10-12H,4-6,8-9H2,1-3H3. The molecule has 0 saturated carbocycles. The molecule has 0 amide bonds. The predicted octanol–water partition coefficient (Wildman–Crippen LogP) is 3.04. The Kier molecular flexibility index (Phi) is 5.16. The number of hydrogen-bond acceptors (Lipinski definition) is 3. The summed E-state index contributed by atoms with van der Waals surface area (Å²) in [6.45, 7) is 7.82. The Morgan fingerprint density at radius 1 is 1.15 bits per heavy atom. The summed E-state index contributed by atoms with van der Waals surface area (Å²) in [6.07, 6.45) is 4.90. The first-order valence-corrected chi connectivity index (χ1v) is 7.40. The van der Waals surface area contributed by atoms with E-state index in [9.17, 15) is 0 Å². The van der Waals surface area contributed by atoms with Gasteiger partial charge in [-0.25, -0.2) is 0 Å². The molecule has 4 nitrogen and oxygen atoms in total. The fourth-order valence-electron chi connectivity index (χ4n) is 2.21. The summed E-state index contributed by atoms with van der Waals surface area (Å²) in [5.41, 5.74) is 3.65. The van der Waals surface area contributed by atoms with E-state index in [0.29, 0.717) is 6.61 Å². The van der Waals surface area contributed by atoms with E-state index in [1.54, 1.807) is 0 Å². The van der Waals surface area contributed by atoms with Gasteiger partial charge in [0.2, 0.25) is 0 Å². The van der Waals surface area contributed by atoms with Crippen molar-refractivity contribution in [2.24, 2.45) is 0 Å². The van der Waals surface area contributed by atoms with E-state index in [4.69, 9.17) is 4.74 Å². The first kappa shape index (κ1) is 14.6. The topological polar surface area (TPSA) is 39.9 Å². The second kappa shape index (κ2) is 7.08. The molecule has 2 aromatic rings. The van der Waals surface area contributed by atoms with Crippen LogP contribution in [0.2, 0.25) is 0 Å². The van der Waals surface area contributed by atoms with Crippen LogP contribution in [-0.2, 0) is 25.8 Å². The van der Waals surface area contributed by atoms with Crippen molar-refractivity contribution in [3.63, 3.8) is 0 Å². The molecule has 0 aliphatic carbocycles. The fraction of sp³-hybridized carbons (Fsp3) is 0.500. The van der Waals surface area contributed by atoms with E-state index in [-0.39, 0.29) is 0 Å². The molecule has 0 spiro atoms. The van der Waals surface area contributed by atoms with E-state index in [1.807, 2.05) is 17.8 Å². The lowest BCUT2D eigenvalue weighted by molar-refractivity contribution is 0.336. The molecule has 1 aromatic carbocycles. The lowest BCUT2D eigenvalue weighted by atomic mass is 10.0. The van der Waals surface area contributed by atoms with Crippen LogP contribution in [0.15, 0.2) is 24.4 Å². The van der Waals surface area contributed by atoms with Crippen LogP contribution >= 0.6 is 0 Å². The molecule has 0 aliphatic heterocycles. The van der Waals surface area contributed by atoms with Crippen LogP contribution in [0.3, 0.4) is 0 Å². The van der Waals surface area contributed by atoms with E-state index < -0.39 is 0 Å². The maximum Gasteiger partial charge on any atom is 0.122 e. The Morgan fingerprint density at radius 3 is 2.65 bits per heavy atom. The van der Waals surface area contributed by atoms with Crippen LogP contribution in [-0.4, -0.2) is 21.6 Å². The zero-order valence-electron chi connectivity index (χ0n) is 12.6. The zero-order chi connectivity index (χ0) is 14.4. The van der Waals surface area contributed by atoms with Crippen molar-refractivity contribution in [3.8, 4) is 5.75 Å². The molecule has 0 N–H and O–H groups in total. The van der Waals surface area contributed by atoms with Gasteiger partial charge in [-0.15, -0.1) is 5.10 Å². The van der Waals surface area contributed by atoms with Crippen molar-refractivity contribution in [1.29, 1.82) is 0 Å². The zero-order valence-corrected chi connectivity index (χ0v) is 12.6. The molecular formula is C16H23N3O. The lowest BCUT2D eigenvalue weighted by Gasteiger charge is -2.11. The highest BCUT2D eigenvalue weighted by molar-refractivity contribution is 5.37. The summed E-state index contributed by atoms with van der Waals surface area (Å²) in [5, 5.41) is 8.27. The molecule has 1 heterocycles. The summed E-state index contributed by atoms with van der Waals surface area (Å²) in [6, 6.07) is 6.47. The van der Waals surface area contributed by atoms with Gasteiger partial charge >= 0.3 is 0 Å². The molecule has 2 rings (SSSR count). The average Bonchev–Trinajstić information content (AvgIpc) is 2.94. The summed E-state index contributed by atoms with van der Waals surface area (Å²) < 4.78 is 7.57. The van der Waals surface area contributed by atoms with Gasteiger partial charge in [-0.3, -0.25) is 4.68 Å². The van der Waals surface area contributed by atoms with Crippen LogP contribution in [0.5, 0.6) is 5.75 Å². The van der Waals surface area contributed by atoms with Crippen molar-refractivity contribution in [2.75, 3.05) is 6.61 Å². The van der Waals surface area contributed by atoms with Gasteiger partial charge < -0.3 is 4.74 Å². The highest BCUT2D eigenvalue weighted by Crippen LogP contribution is 2.22. The highest BCUT2D eigenvalue weighted by Gasteiger charge is 2.07. The Labute approximate surface area is 120 Å². The maximum absolute atomic E-state index is 5.71. The number of ether oxygens (including phenoxy) is 1. The highest BCUT2D eigenvalue weighted by atomic mass is 16.5. The van der Waals surface area contributed by atoms with Crippen molar-refractivity contribution in [2.45, 2.75) is 46.6 Å². The molecular weight excluding hydrogens is 250 g/mol. The predicted molar refractivity (Wildman–Crippen MR) is 80.1 cm³/mol. The lowest BCUT2D eigenvalue weighted by Crippen LogP contribution is -2.00. The molecule has 20 heavy (non-hydrogen) atoms. The minimum Gasteiger partial charge on any atom is -0.494 e. The van der Waals surface area contributed by atoms with Crippen LogP contribution in [0.25, 0.3) is 0 Å². The van der Waals surface area contributed by atoms with Crippen LogP contribution in [0, 0.1) is 0 Å². The monoisotopic (exact) mass is 273 g/mol. The molecule has 0 fully saturated rings. The Balaban J connectivity index is 2.09. The summed E-state index contributed by atoms with van der Waals surface area (Å²) >= 11 is 0. The largest absolute Gasteiger partial charge is 0.494 e. The van der Waals surface area contributed by atoms with Gasteiger partial charge in [0.15, 0.2) is 0 Å². The molecule has 1 aromatic heterocycles. The fourth-order valence-corrected chi connectivity index (χ4v) is 2.21. The maximum atomic E-state index is 5.71. The normalized spacial score (nSPS) is 10.8. The molecule has 4 heteroatoms. The first-order valence-electron chi connectivity index (χ1n) is 7.40. The van der Waals surface area contributed by atoms with E-state index in [0.717, 1.165) is 37.3 Å². The number of hydrogen-bond donors (Lipinski definition) is 0. The smallest absolute Gasteiger partial charge is 0.122 e. The number of rotatable bonds is 7. The van der Waals surface area contributed by atoms with E-state index >= 15 is 0 Å². The second-order valence-electron chi connectivity index (χ2n) is 4.79. The molecule has 0 bridgehead atoms. The van der Waals surface area contributed by atoms with E-state index in [1.165, 1.54) is 11.1 Å². The van der Waals surface area contributed by atoms with Gasteiger partial charge in [0.05, 0.1) is 12.3 Å². The van der Waals surface area contributed by atoms with Crippen molar-refractivity contribution < 1.29 is 4.74 Å². The first-order chi connectivity index (χ1) is 9.76.